The highest BCUT2D eigenvalue weighted by Crippen LogP contribution is 2.26. The maximum atomic E-state index is 13.4. The Balaban J connectivity index is 1.78. The number of halogens is 2. The third kappa shape index (κ3) is 3.37. The molecule has 1 unspecified atom stereocenters. The molecule has 3 rings (SSSR count). The molecule has 1 aliphatic rings. The number of hydrogen-bond acceptors (Lipinski definition) is 3. The number of ether oxygens (including phenoxy) is 1. The Labute approximate surface area is 155 Å². The van der Waals surface area contributed by atoms with Crippen molar-refractivity contribution in [2.75, 3.05) is 25.1 Å². The van der Waals surface area contributed by atoms with E-state index < -0.39 is 11.9 Å². The van der Waals surface area contributed by atoms with Gasteiger partial charge in [0.2, 0.25) is 5.91 Å². The molecule has 0 aliphatic carbocycles. The van der Waals surface area contributed by atoms with Crippen LogP contribution >= 0.6 is 11.6 Å². The lowest BCUT2D eigenvalue weighted by atomic mass is 10.1. The molecule has 2 aromatic carbocycles. The SMILES string of the molecule is COc1ccc(C(=O)N2CCN(c3ccc(F)c(Cl)c3)C(=O)C2C)cc1. The van der Waals surface area contributed by atoms with Crippen LogP contribution in [0.5, 0.6) is 5.75 Å². The Hall–Kier alpha value is -2.60. The summed E-state index contributed by atoms with van der Waals surface area (Å²) in [7, 11) is 1.55. The molecule has 1 heterocycles. The van der Waals surface area contributed by atoms with E-state index in [1.54, 1.807) is 38.3 Å². The second-order valence-corrected chi connectivity index (χ2v) is 6.40. The zero-order valence-electron chi connectivity index (χ0n) is 14.4. The summed E-state index contributed by atoms with van der Waals surface area (Å²) in [4.78, 5) is 28.5. The standard InChI is InChI=1S/C19H18ClFN2O3/c1-12-18(24)23(14-5-8-17(21)16(20)11-14)10-9-22(12)19(25)13-3-6-15(26-2)7-4-13/h3-8,11-12H,9-10H2,1-2H3. The van der Waals surface area contributed by atoms with Crippen LogP contribution in [-0.2, 0) is 4.79 Å². The summed E-state index contributed by atoms with van der Waals surface area (Å²) >= 11 is 5.81. The Morgan fingerprint density at radius 2 is 1.88 bits per heavy atom. The summed E-state index contributed by atoms with van der Waals surface area (Å²) in [5, 5.41) is -0.0420. The minimum Gasteiger partial charge on any atom is -0.497 e. The maximum Gasteiger partial charge on any atom is 0.254 e. The molecule has 26 heavy (non-hydrogen) atoms. The summed E-state index contributed by atoms with van der Waals surface area (Å²) < 4.78 is 18.4. The molecular weight excluding hydrogens is 359 g/mol. The van der Waals surface area contributed by atoms with Crippen LogP contribution < -0.4 is 9.64 Å². The van der Waals surface area contributed by atoms with Gasteiger partial charge in [0.25, 0.3) is 5.91 Å². The van der Waals surface area contributed by atoms with Crippen LogP contribution in [0.1, 0.15) is 17.3 Å². The number of piperazine rings is 1. The monoisotopic (exact) mass is 376 g/mol. The van der Waals surface area contributed by atoms with E-state index in [1.807, 2.05) is 0 Å². The van der Waals surface area contributed by atoms with Crippen molar-refractivity contribution < 1.29 is 18.7 Å². The highest BCUT2D eigenvalue weighted by Gasteiger charge is 2.35. The number of amides is 2. The molecule has 2 amide bonds. The molecular formula is C19H18ClFN2O3. The van der Waals surface area contributed by atoms with Crippen LogP contribution in [0.2, 0.25) is 5.02 Å². The number of carbonyl (C=O) groups is 2. The summed E-state index contributed by atoms with van der Waals surface area (Å²) in [6, 6.07) is 10.3. The maximum absolute atomic E-state index is 13.4. The molecule has 2 aromatic rings. The van der Waals surface area contributed by atoms with Gasteiger partial charge in [0.05, 0.1) is 12.1 Å². The van der Waals surface area contributed by atoms with Gasteiger partial charge in [0.15, 0.2) is 0 Å². The number of methoxy groups -OCH3 is 1. The molecule has 1 atom stereocenters. The fraction of sp³-hybridized carbons (Fsp3) is 0.263. The molecule has 1 saturated heterocycles. The van der Waals surface area contributed by atoms with Gasteiger partial charge in [-0.1, -0.05) is 11.6 Å². The zero-order chi connectivity index (χ0) is 18.8. The van der Waals surface area contributed by atoms with E-state index in [-0.39, 0.29) is 16.8 Å². The van der Waals surface area contributed by atoms with Crippen molar-refractivity contribution in [3.05, 3.63) is 58.9 Å². The molecule has 0 saturated carbocycles. The van der Waals surface area contributed by atoms with Crippen molar-refractivity contribution in [1.82, 2.24) is 4.90 Å². The topological polar surface area (TPSA) is 49.9 Å². The van der Waals surface area contributed by atoms with Gasteiger partial charge >= 0.3 is 0 Å². The van der Waals surface area contributed by atoms with E-state index in [2.05, 4.69) is 0 Å². The van der Waals surface area contributed by atoms with Gasteiger partial charge in [-0.3, -0.25) is 9.59 Å². The predicted molar refractivity (Wildman–Crippen MR) is 97.3 cm³/mol. The van der Waals surface area contributed by atoms with E-state index in [9.17, 15) is 14.0 Å². The van der Waals surface area contributed by atoms with Crippen LogP contribution in [0.15, 0.2) is 42.5 Å². The summed E-state index contributed by atoms with van der Waals surface area (Å²) in [6.07, 6.45) is 0. The number of carbonyl (C=O) groups excluding carboxylic acids is 2. The van der Waals surface area contributed by atoms with Crippen LogP contribution in [0.3, 0.4) is 0 Å². The van der Waals surface area contributed by atoms with Gasteiger partial charge in [-0.05, 0) is 49.4 Å². The lowest BCUT2D eigenvalue weighted by molar-refractivity contribution is -0.124. The first-order chi connectivity index (χ1) is 12.4. The van der Waals surface area contributed by atoms with Crippen LogP contribution in [0.25, 0.3) is 0 Å². The van der Waals surface area contributed by atoms with Gasteiger partial charge in [-0.15, -0.1) is 0 Å². The molecule has 1 fully saturated rings. The number of nitrogens with zero attached hydrogens (tertiary/aromatic N) is 2. The molecule has 0 radical (unpaired) electrons. The second kappa shape index (κ2) is 7.33. The first-order valence-electron chi connectivity index (χ1n) is 8.14. The quantitative estimate of drug-likeness (QED) is 0.825. The first-order valence-corrected chi connectivity index (χ1v) is 8.51. The Kier molecular flexibility index (Phi) is 5.13. The number of hydrogen-bond donors (Lipinski definition) is 0. The lowest BCUT2D eigenvalue weighted by Gasteiger charge is -2.39. The lowest BCUT2D eigenvalue weighted by Crippen LogP contribution is -2.57. The second-order valence-electron chi connectivity index (χ2n) is 5.99. The molecule has 0 bridgehead atoms. The van der Waals surface area contributed by atoms with E-state index >= 15 is 0 Å². The van der Waals surface area contributed by atoms with Crippen molar-refractivity contribution >= 4 is 29.1 Å². The largest absolute Gasteiger partial charge is 0.497 e. The normalized spacial score (nSPS) is 17.4. The molecule has 0 spiro atoms. The predicted octanol–water partition coefficient (Wildman–Crippen LogP) is 3.37. The number of benzene rings is 2. The van der Waals surface area contributed by atoms with E-state index in [0.29, 0.717) is 30.1 Å². The summed E-state index contributed by atoms with van der Waals surface area (Å²) in [6.45, 7) is 2.36. The fourth-order valence-corrected chi connectivity index (χ4v) is 3.13. The number of anilines is 1. The van der Waals surface area contributed by atoms with Crippen molar-refractivity contribution in [3.8, 4) is 5.75 Å². The van der Waals surface area contributed by atoms with Gasteiger partial charge in [-0.2, -0.15) is 0 Å². The van der Waals surface area contributed by atoms with Crippen LogP contribution in [0, 0.1) is 5.82 Å². The molecule has 136 valence electrons. The molecule has 7 heteroatoms. The van der Waals surface area contributed by atoms with Crippen molar-refractivity contribution in [2.24, 2.45) is 0 Å². The first kappa shape index (κ1) is 18.2. The third-order valence-corrected chi connectivity index (χ3v) is 4.76. The van der Waals surface area contributed by atoms with Gasteiger partial charge < -0.3 is 14.5 Å². The van der Waals surface area contributed by atoms with Gasteiger partial charge in [0, 0.05) is 24.3 Å². The highest BCUT2D eigenvalue weighted by atomic mass is 35.5. The van der Waals surface area contributed by atoms with Crippen molar-refractivity contribution in [2.45, 2.75) is 13.0 Å². The summed E-state index contributed by atoms with van der Waals surface area (Å²) in [5.74, 6) is -0.334. The van der Waals surface area contributed by atoms with Crippen LogP contribution in [0.4, 0.5) is 10.1 Å². The molecule has 0 N–H and O–H groups in total. The smallest absolute Gasteiger partial charge is 0.254 e. The Morgan fingerprint density at radius 3 is 2.50 bits per heavy atom. The average Bonchev–Trinajstić information content (AvgIpc) is 2.66. The highest BCUT2D eigenvalue weighted by molar-refractivity contribution is 6.31. The van der Waals surface area contributed by atoms with E-state index in [1.165, 1.54) is 28.0 Å². The fourth-order valence-electron chi connectivity index (χ4n) is 2.96. The Bertz CT molecular complexity index is 841. The van der Waals surface area contributed by atoms with Crippen LogP contribution in [-0.4, -0.2) is 43.0 Å². The van der Waals surface area contributed by atoms with Crippen molar-refractivity contribution in [3.63, 3.8) is 0 Å². The third-order valence-electron chi connectivity index (χ3n) is 4.47. The molecule has 0 aromatic heterocycles. The van der Waals surface area contributed by atoms with Gasteiger partial charge in [0.1, 0.15) is 17.6 Å². The minimum atomic E-state index is -0.637. The zero-order valence-corrected chi connectivity index (χ0v) is 15.2. The minimum absolute atomic E-state index is 0.0420. The Morgan fingerprint density at radius 1 is 1.19 bits per heavy atom. The molecule has 5 nitrogen and oxygen atoms in total. The summed E-state index contributed by atoms with van der Waals surface area (Å²) in [5.41, 5.74) is 1.01. The average molecular weight is 377 g/mol. The van der Waals surface area contributed by atoms with E-state index in [4.69, 9.17) is 16.3 Å². The number of rotatable bonds is 3. The molecule has 1 aliphatic heterocycles. The van der Waals surface area contributed by atoms with Crippen molar-refractivity contribution in [1.29, 1.82) is 0 Å². The van der Waals surface area contributed by atoms with Gasteiger partial charge in [-0.25, -0.2) is 4.39 Å². The van der Waals surface area contributed by atoms with E-state index in [0.717, 1.165) is 0 Å².